The van der Waals surface area contributed by atoms with Gasteiger partial charge in [0.05, 0.1) is 11.7 Å². The normalized spacial score (nSPS) is 17.2. The first-order chi connectivity index (χ1) is 10.3. The van der Waals surface area contributed by atoms with E-state index in [0.29, 0.717) is 12.1 Å². The van der Waals surface area contributed by atoms with E-state index in [0.717, 1.165) is 36.8 Å². The largest absolute Gasteiger partial charge is 0.349 e. The second-order valence-corrected chi connectivity index (χ2v) is 5.45. The number of fused-ring (bicyclic) bond motifs is 1. The van der Waals surface area contributed by atoms with Gasteiger partial charge >= 0.3 is 0 Å². The lowest BCUT2D eigenvalue weighted by atomic mass is 10.0. The summed E-state index contributed by atoms with van der Waals surface area (Å²) in [4.78, 5) is 14.4. The van der Waals surface area contributed by atoms with Crippen molar-refractivity contribution in [1.29, 1.82) is 0 Å². The molecule has 1 fully saturated rings. The minimum Gasteiger partial charge on any atom is -0.349 e. The van der Waals surface area contributed by atoms with E-state index in [1.807, 2.05) is 12.1 Å². The van der Waals surface area contributed by atoms with Crippen LogP contribution in [-0.4, -0.2) is 53.4 Å². The van der Waals surface area contributed by atoms with Crippen LogP contribution in [0, 0.1) is 0 Å². The Kier molecular flexibility index (Phi) is 4.15. The number of carbonyl (C=O) groups excluding carboxylic acids is 1. The molecule has 0 radical (unpaired) electrons. The van der Waals surface area contributed by atoms with Crippen molar-refractivity contribution < 1.29 is 9.18 Å². The Morgan fingerprint density at radius 3 is 3.00 bits per heavy atom. The molecule has 0 unspecified atom stereocenters. The topological polar surface area (TPSA) is 61.0 Å². The zero-order valence-corrected chi connectivity index (χ0v) is 11.8. The molecule has 1 aliphatic heterocycles. The summed E-state index contributed by atoms with van der Waals surface area (Å²) >= 11 is 0. The van der Waals surface area contributed by atoms with Gasteiger partial charge in [-0.3, -0.25) is 9.89 Å². The van der Waals surface area contributed by atoms with Gasteiger partial charge in [-0.2, -0.15) is 5.10 Å². The average molecular weight is 290 g/mol. The fraction of sp³-hybridized carbons (Fsp3) is 0.467. The molecule has 0 atom stereocenters. The third-order valence-electron chi connectivity index (χ3n) is 4.03. The number of rotatable bonds is 4. The molecule has 5 nitrogen and oxygen atoms in total. The van der Waals surface area contributed by atoms with Gasteiger partial charge in [0, 0.05) is 36.6 Å². The van der Waals surface area contributed by atoms with Crippen molar-refractivity contribution in [2.45, 2.75) is 18.9 Å². The molecule has 1 aromatic carbocycles. The van der Waals surface area contributed by atoms with Crippen molar-refractivity contribution >= 4 is 16.8 Å². The third-order valence-corrected chi connectivity index (χ3v) is 4.03. The number of hydrogen-bond acceptors (Lipinski definition) is 3. The van der Waals surface area contributed by atoms with E-state index in [9.17, 15) is 9.18 Å². The van der Waals surface area contributed by atoms with Crippen LogP contribution in [0.5, 0.6) is 0 Å². The van der Waals surface area contributed by atoms with E-state index in [2.05, 4.69) is 20.4 Å². The van der Waals surface area contributed by atoms with Crippen LogP contribution in [-0.2, 0) is 0 Å². The van der Waals surface area contributed by atoms with Crippen molar-refractivity contribution in [2.24, 2.45) is 0 Å². The molecule has 3 rings (SSSR count). The molecule has 1 aliphatic rings. The lowest BCUT2D eigenvalue weighted by molar-refractivity contribution is 0.0909. The zero-order valence-electron chi connectivity index (χ0n) is 11.8. The Morgan fingerprint density at radius 1 is 1.43 bits per heavy atom. The SMILES string of the molecule is O=C(NC1CCN(CCF)CC1)c1ccc2[nH]ncc2c1. The molecule has 2 aromatic rings. The summed E-state index contributed by atoms with van der Waals surface area (Å²) in [5.74, 6) is -0.0537. The Hall–Kier alpha value is -1.95. The average Bonchev–Trinajstić information content (AvgIpc) is 2.97. The van der Waals surface area contributed by atoms with Gasteiger partial charge in [0.25, 0.3) is 5.91 Å². The Bertz CT molecular complexity index is 619. The number of hydrogen-bond donors (Lipinski definition) is 2. The first-order valence-electron chi connectivity index (χ1n) is 7.28. The van der Waals surface area contributed by atoms with Gasteiger partial charge in [0.1, 0.15) is 6.67 Å². The second kappa shape index (κ2) is 6.22. The Morgan fingerprint density at radius 2 is 2.24 bits per heavy atom. The summed E-state index contributed by atoms with van der Waals surface area (Å²) < 4.78 is 12.3. The summed E-state index contributed by atoms with van der Waals surface area (Å²) in [6, 6.07) is 5.68. The molecule has 2 N–H and O–H groups in total. The highest BCUT2D eigenvalue weighted by atomic mass is 19.1. The first kappa shape index (κ1) is 14.0. The van der Waals surface area contributed by atoms with Crippen molar-refractivity contribution in [3.8, 4) is 0 Å². The number of piperidine rings is 1. The van der Waals surface area contributed by atoms with Gasteiger partial charge in [0.15, 0.2) is 0 Å². The van der Waals surface area contributed by atoms with E-state index in [4.69, 9.17) is 0 Å². The van der Waals surface area contributed by atoms with E-state index in [-0.39, 0.29) is 18.6 Å². The number of H-pyrrole nitrogens is 1. The molecule has 6 heteroatoms. The minimum atomic E-state index is -0.304. The van der Waals surface area contributed by atoms with Crippen molar-refractivity contribution in [2.75, 3.05) is 26.3 Å². The van der Waals surface area contributed by atoms with Crippen LogP contribution in [0.4, 0.5) is 4.39 Å². The molecule has 21 heavy (non-hydrogen) atoms. The van der Waals surface area contributed by atoms with Crippen LogP contribution in [0.2, 0.25) is 0 Å². The molecular weight excluding hydrogens is 271 g/mol. The highest BCUT2D eigenvalue weighted by molar-refractivity contribution is 5.97. The number of nitrogens with one attached hydrogen (secondary N) is 2. The number of benzene rings is 1. The number of halogens is 1. The molecule has 1 amide bonds. The van der Waals surface area contributed by atoms with Gasteiger partial charge in [-0.1, -0.05) is 0 Å². The predicted octanol–water partition coefficient (Wildman–Crippen LogP) is 1.73. The van der Waals surface area contributed by atoms with Gasteiger partial charge < -0.3 is 10.2 Å². The van der Waals surface area contributed by atoms with Crippen molar-refractivity contribution in [3.05, 3.63) is 30.0 Å². The van der Waals surface area contributed by atoms with Gasteiger partial charge in [-0.25, -0.2) is 4.39 Å². The maximum absolute atomic E-state index is 12.3. The number of likely N-dealkylation sites (tertiary alicyclic amines) is 1. The zero-order chi connectivity index (χ0) is 14.7. The molecule has 2 heterocycles. The standard InChI is InChI=1S/C15H19FN4O/c16-5-8-20-6-3-13(4-7-20)18-15(21)11-1-2-14-12(9-11)10-17-19-14/h1-2,9-10,13H,3-8H2,(H,17,19)(H,18,21). The lowest BCUT2D eigenvalue weighted by Crippen LogP contribution is -2.45. The maximum Gasteiger partial charge on any atom is 0.251 e. The van der Waals surface area contributed by atoms with E-state index in [1.54, 1.807) is 12.3 Å². The number of alkyl halides is 1. The highest BCUT2D eigenvalue weighted by Gasteiger charge is 2.20. The molecule has 0 saturated carbocycles. The molecule has 1 aromatic heterocycles. The smallest absolute Gasteiger partial charge is 0.251 e. The van der Waals surface area contributed by atoms with Crippen LogP contribution >= 0.6 is 0 Å². The molecule has 1 saturated heterocycles. The summed E-state index contributed by atoms with van der Waals surface area (Å²) in [6.45, 7) is 1.88. The van der Waals surface area contributed by atoms with Gasteiger partial charge in [0.2, 0.25) is 0 Å². The summed E-state index contributed by atoms with van der Waals surface area (Å²) in [7, 11) is 0. The number of amides is 1. The van der Waals surface area contributed by atoms with Crippen molar-refractivity contribution in [1.82, 2.24) is 20.4 Å². The van der Waals surface area contributed by atoms with Gasteiger partial charge in [-0.15, -0.1) is 0 Å². The quantitative estimate of drug-likeness (QED) is 0.901. The van der Waals surface area contributed by atoms with Gasteiger partial charge in [-0.05, 0) is 31.0 Å². The Balaban J connectivity index is 1.59. The van der Waals surface area contributed by atoms with E-state index < -0.39 is 0 Å². The van der Waals surface area contributed by atoms with E-state index >= 15 is 0 Å². The predicted molar refractivity (Wildman–Crippen MR) is 79.0 cm³/mol. The lowest BCUT2D eigenvalue weighted by Gasteiger charge is -2.31. The van der Waals surface area contributed by atoms with Crippen LogP contribution < -0.4 is 5.32 Å². The van der Waals surface area contributed by atoms with Crippen LogP contribution in [0.15, 0.2) is 24.4 Å². The number of aromatic amines is 1. The van der Waals surface area contributed by atoms with E-state index in [1.165, 1.54) is 0 Å². The first-order valence-corrected chi connectivity index (χ1v) is 7.28. The fourth-order valence-corrected chi connectivity index (χ4v) is 2.77. The molecule has 0 spiro atoms. The summed E-state index contributed by atoms with van der Waals surface area (Å²) in [6.07, 6.45) is 3.46. The number of carbonyl (C=O) groups is 1. The summed E-state index contributed by atoms with van der Waals surface area (Å²) in [5, 5.41) is 10.8. The van der Waals surface area contributed by atoms with Crippen LogP contribution in [0.25, 0.3) is 10.9 Å². The maximum atomic E-state index is 12.3. The molecule has 0 aliphatic carbocycles. The minimum absolute atomic E-state index is 0.0537. The third kappa shape index (κ3) is 3.21. The number of aromatic nitrogens is 2. The molecule has 112 valence electrons. The van der Waals surface area contributed by atoms with Crippen LogP contribution in [0.1, 0.15) is 23.2 Å². The van der Waals surface area contributed by atoms with Crippen LogP contribution in [0.3, 0.4) is 0 Å². The monoisotopic (exact) mass is 290 g/mol. The number of nitrogens with zero attached hydrogens (tertiary/aromatic N) is 2. The van der Waals surface area contributed by atoms with Crippen molar-refractivity contribution in [3.63, 3.8) is 0 Å². The highest BCUT2D eigenvalue weighted by Crippen LogP contribution is 2.15. The summed E-state index contributed by atoms with van der Waals surface area (Å²) in [5.41, 5.74) is 1.57. The second-order valence-electron chi connectivity index (χ2n) is 5.45. The molecular formula is C15H19FN4O. The Labute approximate surface area is 122 Å². The molecule has 0 bridgehead atoms. The fourth-order valence-electron chi connectivity index (χ4n) is 2.77.